The van der Waals surface area contributed by atoms with E-state index < -0.39 is 0 Å². The van der Waals surface area contributed by atoms with Crippen LogP contribution in [0.15, 0.2) is 36.7 Å². The predicted octanol–water partition coefficient (Wildman–Crippen LogP) is 1.87. The van der Waals surface area contributed by atoms with Gasteiger partial charge in [0.2, 0.25) is 0 Å². The lowest BCUT2D eigenvalue weighted by molar-refractivity contribution is 0.185. The highest BCUT2D eigenvalue weighted by Gasteiger charge is 2.06. The van der Waals surface area contributed by atoms with Gasteiger partial charge < -0.3 is 10.5 Å². The molecule has 2 rings (SSSR count). The highest BCUT2D eigenvalue weighted by molar-refractivity contribution is 5.60. The molecule has 1 aromatic heterocycles. The zero-order chi connectivity index (χ0) is 11.4. The molecule has 0 fully saturated rings. The minimum atomic E-state index is 0.546. The van der Waals surface area contributed by atoms with Gasteiger partial charge >= 0.3 is 0 Å². The number of hydrogen-bond donors (Lipinski definition) is 1. The lowest BCUT2D eigenvalue weighted by Crippen LogP contribution is -1.96. The fraction of sp³-hybridized carbons (Fsp3) is 0.167. The Morgan fingerprint density at radius 1 is 1.19 bits per heavy atom. The summed E-state index contributed by atoms with van der Waals surface area (Å²) in [4.78, 5) is 8.40. The Kier molecular flexibility index (Phi) is 3.12. The molecule has 0 aliphatic heterocycles. The Labute approximate surface area is 94.1 Å². The van der Waals surface area contributed by atoms with E-state index >= 15 is 0 Å². The smallest absolute Gasteiger partial charge is 0.159 e. The van der Waals surface area contributed by atoms with Gasteiger partial charge in [-0.05, 0) is 5.56 Å². The molecule has 1 aromatic carbocycles. The maximum atomic E-state index is 5.55. The minimum Gasteiger partial charge on any atom is -0.396 e. The van der Waals surface area contributed by atoms with Gasteiger partial charge in [-0.2, -0.15) is 0 Å². The molecule has 4 heteroatoms. The summed E-state index contributed by atoms with van der Waals surface area (Å²) >= 11 is 0. The molecule has 16 heavy (non-hydrogen) atoms. The second kappa shape index (κ2) is 4.72. The third-order valence-corrected chi connectivity index (χ3v) is 2.23. The van der Waals surface area contributed by atoms with Crippen LogP contribution in [0, 0.1) is 0 Å². The Morgan fingerprint density at radius 3 is 2.56 bits per heavy atom. The van der Waals surface area contributed by atoms with E-state index in [1.165, 1.54) is 0 Å². The number of nitrogens with zero attached hydrogens (tertiary/aromatic N) is 2. The van der Waals surface area contributed by atoms with Crippen LogP contribution in [0.1, 0.15) is 5.56 Å². The van der Waals surface area contributed by atoms with Gasteiger partial charge in [-0.3, -0.25) is 0 Å². The summed E-state index contributed by atoms with van der Waals surface area (Å²) in [5.41, 5.74) is 8.16. The summed E-state index contributed by atoms with van der Waals surface area (Å²) in [6.07, 6.45) is 3.21. The average molecular weight is 215 g/mol. The van der Waals surface area contributed by atoms with Gasteiger partial charge in [-0.1, -0.05) is 24.3 Å². The largest absolute Gasteiger partial charge is 0.396 e. The van der Waals surface area contributed by atoms with Gasteiger partial charge in [-0.25, -0.2) is 9.97 Å². The molecule has 0 saturated heterocycles. The van der Waals surface area contributed by atoms with Crippen molar-refractivity contribution in [3.63, 3.8) is 0 Å². The van der Waals surface area contributed by atoms with Crippen molar-refractivity contribution in [2.24, 2.45) is 0 Å². The normalized spacial score (nSPS) is 10.3. The van der Waals surface area contributed by atoms with Crippen molar-refractivity contribution in [2.75, 3.05) is 12.8 Å². The van der Waals surface area contributed by atoms with Crippen LogP contribution in [0.5, 0.6) is 0 Å². The highest BCUT2D eigenvalue weighted by Crippen LogP contribution is 2.20. The first-order valence-electron chi connectivity index (χ1n) is 4.96. The number of nitrogens with two attached hydrogens (primary N) is 1. The number of nitrogen functional groups attached to an aromatic ring is 1. The SMILES string of the molecule is COCc1ccccc1-c1ncc(N)cn1. The first-order valence-corrected chi connectivity index (χ1v) is 4.96. The van der Waals surface area contributed by atoms with Crippen molar-refractivity contribution >= 4 is 5.69 Å². The molecular formula is C12H13N3O. The Bertz CT molecular complexity index is 468. The number of methoxy groups -OCH3 is 1. The first-order chi connectivity index (χ1) is 7.81. The fourth-order valence-electron chi connectivity index (χ4n) is 1.50. The molecule has 0 aliphatic rings. The predicted molar refractivity (Wildman–Crippen MR) is 62.6 cm³/mol. The molecule has 0 radical (unpaired) electrons. The molecule has 0 amide bonds. The summed E-state index contributed by atoms with van der Waals surface area (Å²) in [5.74, 6) is 0.668. The van der Waals surface area contributed by atoms with Crippen molar-refractivity contribution in [1.82, 2.24) is 9.97 Å². The van der Waals surface area contributed by atoms with Crippen molar-refractivity contribution in [3.8, 4) is 11.4 Å². The maximum absolute atomic E-state index is 5.55. The van der Waals surface area contributed by atoms with Crippen LogP contribution < -0.4 is 5.73 Å². The molecule has 0 spiro atoms. The van der Waals surface area contributed by atoms with E-state index in [2.05, 4.69) is 9.97 Å². The second-order valence-corrected chi connectivity index (χ2v) is 3.43. The molecule has 0 atom stereocenters. The van der Waals surface area contributed by atoms with Crippen LogP contribution in [0.3, 0.4) is 0 Å². The van der Waals surface area contributed by atoms with Crippen molar-refractivity contribution in [1.29, 1.82) is 0 Å². The first kappa shape index (κ1) is 10.6. The van der Waals surface area contributed by atoms with E-state index in [4.69, 9.17) is 10.5 Å². The van der Waals surface area contributed by atoms with Crippen LogP contribution in [-0.4, -0.2) is 17.1 Å². The van der Waals surface area contributed by atoms with Crippen molar-refractivity contribution in [3.05, 3.63) is 42.2 Å². The maximum Gasteiger partial charge on any atom is 0.159 e. The van der Waals surface area contributed by atoms with Crippen LogP contribution in [-0.2, 0) is 11.3 Å². The Balaban J connectivity index is 2.42. The topological polar surface area (TPSA) is 61.0 Å². The monoisotopic (exact) mass is 215 g/mol. The van der Waals surface area contributed by atoms with Crippen LogP contribution >= 0.6 is 0 Å². The van der Waals surface area contributed by atoms with Gasteiger partial charge in [0.25, 0.3) is 0 Å². The highest BCUT2D eigenvalue weighted by atomic mass is 16.5. The molecule has 2 aromatic rings. The lowest BCUT2D eigenvalue weighted by atomic mass is 10.1. The molecule has 2 N–H and O–H groups in total. The van der Waals surface area contributed by atoms with E-state index in [9.17, 15) is 0 Å². The number of aromatic nitrogens is 2. The van der Waals surface area contributed by atoms with Gasteiger partial charge in [0.15, 0.2) is 5.82 Å². The molecule has 4 nitrogen and oxygen atoms in total. The summed E-state index contributed by atoms with van der Waals surface area (Å²) < 4.78 is 5.13. The summed E-state index contributed by atoms with van der Waals surface area (Å²) in [7, 11) is 1.67. The molecule has 0 saturated carbocycles. The number of rotatable bonds is 3. The van der Waals surface area contributed by atoms with Gasteiger partial charge in [0.05, 0.1) is 24.7 Å². The van der Waals surface area contributed by atoms with Crippen LogP contribution in [0.4, 0.5) is 5.69 Å². The molecule has 82 valence electrons. The quantitative estimate of drug-likeness (QED) is 0.849. The van der Waals surface area contributed by atoms with Crippen molar-refractivity contribution < 1.29 is 4.74 Å². The fourth-order valence-corrected chi connectivity index (χ4v) is 1.50. The Morgan fingerprint density at radius 2 is 1.88 bits per heavy atom. The third-order valence-electron chi connectivity index (χ3n) is 2.23. The van der Waals surface area contributed by atoms with Crippen LogP contribution in [0.25, 0.3) is 11.4 Å². The van der Waals surface area contributed by atoms with E-state index in [0.29, 0.717) is 18.1 Å². The number of ether oxygens (including phenoxy) is 1. The Hall–Kier alpha value is -1.94. The van der Waals surface area contributed by atoms with Crippen LogP contribution in [0.2, 0.25) is 0 Å². The average Bonchev–Trinajstić information content (AvgIpc) is 2.32. The summed E-state index contributed by atoms with van der Waals surface area (Å²) in [5, 5.41) is 0. The van der Waals surface area contributed by atoms with E-state index in [0.717, 1.165) is 11.1 Å². The van der Waals surface area contributed by atoms with E-state index in [1.807, 2.05) is 24.3 Å². The molecule has 0 bridgehead atoms. The molecule has 1 heterocycles. The lowest BCUT2D eigenvalue weighted by Gasteiger charge is -2.07. The molecule has 0 aliphatic carbocycles. The number of anilines is 1. The van der Waals surface area contributed by atoms with Gasteiger partial charge in [-0.15, -0.1) is 0 Å². The zero-order valence-corrected chi connectivity index (χ0v) is 9.05. The number of benzene rings is 1. The standard InChI is InChI=1S/C12H13N3O/c1-16-8-9-4-2-3-5-11(9)12-14-6-10(13)7-15-12/h2-7H,8,13H2,1H3. The number of hydrogen-bond acceptors (Lipinski definition) is 4. The van der Waals surface area contributed by atoms with E-state index in [-0.39, 0.29) is 0 Å². The third kappa shape index (κ3) is 2.17. The molecular weight excluding hydrogens is 202 g/mol. The van der Waals surface area contributed by atoms with Crippen molar-refractivity contribution in [2.45, 2.75) is 6.61 Å². The summed E-state index contributed by atoms with van der Waals surface area (Å²) in [6, 6.07) is 7.89. The molecule has 0 unspecified atom stereocenters. The van der Waals surface area contributed by atoms with E-state index in [1.54, 1.807) is 19.5 Å². The zero-order valence-electron chi connectivity index (χ0n) is 9.05. The van der Waals surface area contributed by atoms with Gasteiger partial charge in [0, 0.05) is 12.7 Å². The second-order valence-electron chi connectivity index (χ2n) is 3.43. The summed E-state index contributed by atoms with van der Waals surface area (Å²) in [6.45, 7) is 0.546. The minimum absolute atomic E-state index is 0.546. The van der Waals surface area contributed by atoms with Gasteiger partial charge in [0.1, 0.15) is 0 Å².